The van der Waals surface area contributed by atoms with Gasteiger partial charge in [-0.1, -0.05) is 0 Å². The standard InChI is InChI=1S/C14H20N4O2S.ClH/c1-8-9(2)21-14-12(8)13(20)17-10(18-14)4-5-11(19)16-7-6-15-3;/h15H,4-7H2,1-3H3,(H,16,19)(H,17,18,20);1H. The largest absolute Gasteiger partial charge is 0.355 e. The van der Waals surface area contributed by atoms with Crippen molar-refractivity contribution in [1.82, 2.24) is 20.6 Å². The number of rotatable bonds is 6. The van der Waals surface area contributed by atoms with E-state index in [4.69, 9.17) is 0 Å². The zero-order chi connectivity index (χ0) is 15.4. The molecule has 1 amide bonds. The zero-order valence-electron chi connectivity index (χ0n) is 12.9. The predicted molar refractivity (Wildman–Crippen MR) is 92.2 cm³/mol. The molecule has 122 valence electrons. The monoisotopic (exact) mass is 344 g/mol. The molecule has 0 aromatic carbocycles. The quantitative estimate of drug-likeness (QED) is 0.689. The molecule has 0 bridgehead atoms. The Hall–Kier alpha value is -1.44. The molecular weight excluding hydrogens is 324 g/mol. The van der Waals surface area contributed by atoms with Crippen LogP contribution in [0, 0.1) is 13.8 Å². The summed E-state index contributed by atoms with van der Waals surface area (Å²) in [6, 6.07) is 0. The minimum atomic E-state index is -0.118. The molecule has 0 unspecified atom stereocenters. The van der Waals surface area contributed by atoms with Crippen molar-refractivity contribution in [1.29, 1.82) is 0 Å². The van der Waals surface area contributed by atoms with Crippen LogP contribution in [0.15, 0.2) is 4.79 Å². The van der Waals surface area contributed by atoms with E-state index in [1.54, 1.807) is 0 Å². The van der Waals surface area contributed by atoms with Gasteiger partial charge in [0.25, 0.3) is 5.56 Å². The van der Waals surface area contributed by atoms with Crippen LogP contribution in [-0.4, -0.2) is 36.0 Å². The number of aryl methyl sites for hydroxylation is 3. The molecule has 6 nitrogen and oxygen atoms in total. The summed E-state index contributed by atoms with van der Waals surface area (Å²) in [7, 11) is 1.83. The smallest absolute Gasteiger partial charge is 0.259 e. The number of halogens is 1. The molecule has 0 fully saturated rings. The Morgan fingerprint density at radius 3 is 2.73 bits per heavy atom. The van der Waals surface area contributed by atoms with E-state index in [1.165, 1.54) is 11.3 Å². The molecule has 0 spiro atoms. The first-order valence-electron chi connectivity index (χ1n) is 6.93. The van der Waals surface area contributed by atoms with Gasteiger partial charge in [-0.3, -0.25) is 9.59 Å². The maximum atomic E-state index is 12.1. The summed E-state index contributed by atoms with van der Waals surface area (Å²) in [5.41, 5.74) is 0.868. The van der Waals surface area contributed by atoms with Crippen molar-refractivity contribution in [2.24, 2.45) is 0 Å². The number of nitrogens with one attached hydrogen (secondary N) is 3. The molecule has 2 aromatic rings. The Labute approximate surface area is 139 Å². The number of aromatic amines is 1. The van der Waals surface area contributed by atoms with Crippen LogP contribution < -0.4 is 16.2 Å². The highest BCUT2D eigenvalue weighted by atomic mass is 35.5. The van der Waals surface area contributed by atoms with Gasteiger partial charge in [0.05, 0.1) is 5.39 Å². The van der Waals surface area contributed by atoms with E-state index in [0.29, 0.717) is 30.6 Å². The third-order valence-corrected chi connectivity index (χ3v) is 4.48. The molecular formula is C14H21ClN4O2S. The molecule has 0 atom stereocenters. The van der Waals surface area contributed by atoms with Crippen molar-refractivity contribution in [3.05, 3.63) is 26.6 Å². The molecule has 0 radical (unpaired) electrons. The molecule has 2 rings (SSSR count). The van der Waals surface area contributed by atoms with Crippen LogP contribution in [0.4, 0.5) is 0 Å². The van der Waals surface area contributed by atoms with Gasteiger partial charge in [-0.15, -0.1) is 23.7 Å². The Balaban J connectivity index is 0.00000242. The summed E-state index contributed by atoms with van der Waals surface area (Å²) in [5, 5.41) is 6.43. The number of likely N-dealkylation sites (N-methyl/N-ethyl adjacent to an activating group) is 1. The van der Waals surface area contributed by atoms with Gasteiger partial charge in [-0.25, -0.2) is 4.98 Å². The van der Waals surface area contributed by atoms with Crippen molar-refractivity contribution in [3.8, 4) is 0 Å². The molecule has 0 aliphatic carbocycles. The molecule has 0 aliphatic rings. The summed E-state index contributed by atoms with van der Waals surface area (Å²) in [6.45, 7) is 5.25. The van der Waals surface area contributed by atoms with Crippen LogP contribution in [0.3, 0.4) is 0 Å². The van der Waals surface area contributed by atoms with Crippen molar-refractivity contribution in [2.45, 2.75) is 26.7 Å². The lowest BCUT2D eigenvalue weighted by Crippen LogP contribution is -2.30. The van der Waals surface area contributed by atoms with Crippen LogP contribution >= 0.6 is 23.7 Å². The normalized spacial score (nSPS) is 10.5. The minimum Gasteiger partial charge on any atom is -0.355 e. The number of H-pyrrole nitrogens is 1. The van der Waals surface area contributed by atoms with E-state index in [2.05, 4.69) is 20.6 Å². The summed E-state index contributed by atoms with van der Waals surface area (Å²) in [5.74, 6) is 0.532. The maximum Gasteiger partial charge on any atom is 0.259 e. The van der Waals surface area contributed by atoms with Crippen LogP contribution in [0.25, 0.3) is 10.2 Å². The Kier molecular flexibility index (Phi) is 6.99. The van der Waals surface area contributed by atoms with Gasteiger partial charge < -0.3 is 15.6 Å². The number of hydrogen-bond acceptors (Lipinski definition) is 5. The zero-order valence-corrected chi connectivity index (χ0v) is 14.5. The molecule has 0 saturated carbocycles. The van der Waals surface area contributed by atoms with Crippen LogP contribution in [-0.2, 0) is 11.2 Å². The molecule has 2 heterocycles. The first kappa shape index (κ1) is 18.6. The van der Waals surface area contributed by atoms with Gasteiger partial charge in [-0.2, -0.15) is 0 Å². The van der Waals surface area contributed by atoms with Crippen molar-refractivity contribution < 1.29 is 4.79 Å². The Morgan fingerprint density at radius 2 is 2.05 bits per heavy atom. The number of fused-ring (bicyclic) bond motifs is 1. The lowest BCUT2D eigenvalue weighted by atomic mass is 10.2. The Morgan fingerprint density at radius 1 is 1.32 bits per heavy atom. The van der Waals surface area contributed by atoms with E-state index in [-0.39, 0.29) is 23.9 Å². The molecule has 2 aromatic heterocycles. The van der Waals surface area contributed by atoms with Crippen molar-refractivity contribution in [3.63, 3.8) is 0 Å². The number of carbonyl (C=O) groups excluding carboxylic acids is 1. The number of nitrogens with zero attached hydrogens (tertiary/aromatic N) is 1. The first-order chi connectivity index (χ1) is 10.0. The second-order valence-electron chi connectivity index (χ2n) is 4.93. The topological polar surface area (TPSA) is 86.9 Å². The van der Waals surface area contributed by atoms with Crippen molar-refractivity contribution in [2.75, 3.05) is 20.1 Å². The van der Waals surface area contributed by atoms with E-state index in [1.807, 2.05) is 20.9 Å². The third-order valence-electron chi connectivity index (χ3n) is 3.37. The Bertz CT molecular complexity index is 711. The van der Waals surface area contributed by atoms with Gasteiger partial charge in [0.2, 0.25) is 5.91 Å². The lowest BCUT2D eigenvalue weighted by molar-refractivity contribution is -0.121. The van der Waals surface area contributed by atoms with Gasteiger partial charge in [0.1, 0.15) is 10.7 Å². The lowest BCUT2D eigenvalue weighted by Gasteiger charge is -2.04. The number of aromatic nitrogens is 2. The van der Waals surface area contributed by atoms with Gasteiger partial charge in [-0.05, 0) is 26.5 Å². The SMILES string of the molecule is CNCCNC(=O)CCc1nc2sc(C)c(C)c2c(=O)[nH]1.Cl. The summed E-state index contributed by atoms with van der Waals surface area (Å²) < 4.78 is 0. The van der Waals surface area contributed by atoms with E-state index < -0.39 is 0 Å². The first-order valence-corrected chi connectivity index (χ1v) is 7.74. The van der Waals surface area contributed by atoms with Crippen molar-refractivity contribution >= 4 is 39.9 Å². The van der Waals surface area contributed by atoms with Crippen LogP contribution in [0.2, 0.25) is 0 Å². The van der Waals surface area contributed by atoms with Crippen LogP contribution in [0.1, 0.15) is 22.7 Å². The van der Waals surface area contributed by atoms with E-state index >= 15 is 0 Å². The number of carbonyl (C=O) groups is 1. The number of thiophene rings is 1. The summed E-state index contributed by atoms with van der Waals surface area (Å²) in [4.78, 5) is 32.8. The van der Waals surface area contributed by atoms with Gasteiger partial charge in [0.15, 0.2) is 0 Å². The average Bonchev–Trinajstić information content (AvgIpc) is 2.72. The highest BCUT2D eigenvalue weighted by molar-refractivity contribution is 7.18. The average molecular weight is 345 g/mol. The minimum absolute atomic E-state index is 0. The molecule has 0 saturated heterocycles. The van der Waals surface area contributed by atoms with Gasteiger partial charge in [0, 0.05) is 30.8 Å². The fourth-order valence-electron chi connectivity index (χ4n) is 2.06. The third kappa shape index (κ3) is 4.28. The summed E-state index contributed by atoms with van der Waals surface area (Å²) >= 11 is 1.52. The maximum absolute atomic E-state index is 12.1. The van der Waals surface area contributed by atoms with Crippen LogP contribution in [0.5, 0.6) is 0 Å². The fraction of sp³-hybridized carbons (Fsp3) is 0.500. The second kappa shape index (κ2) is 8.26. The second-order valence-corrected chi connectivity index (χ2v) is 6.13. The molecule has 22 heavy (non-hydrogen) atoms. The highest BCUT2D eigenvalue weighted by Crippen LogP contribution is 2.25. The summed E-state index contributed by atoms with van der Waals surface area (Å²) in [6.07, 6.45) is 0.758. The number of amides is 1. The molecule has 0 aliphatic heterocycles. The predicted octanol–water partition coefficient (Wildman–Crippen LogP) is 1.29. The van der Waals surface area contributed by atoms with E-state index in [0.717, 1.165) is 21.8 Å². The van der Waals surface area contributed by atoms with Gasteiger partial charge >= 0.3 is 0 Å². The van der Waals surface area contributed by atoms with E-state index in [9.17, 15) is 9.59 Å². The fourth-order valence-corrected chi connectivity index (χ4v) is 3.11. The molecule has 3 N–H and O–H groups in total. The highest BCUT2D eigenvalue weighted by Gasteiger charge is 2.12. The molecule has 8 heteroatoms. The number of hydrogen-bond donors (Lipinski definition) is 3.